The number of aromatic nitrogens is 3. The molecule has 88 valence electrons. The zero-order valence-corrected chi connectivity index (χ0v) is 10.0. The topological polar surface area (TPSA) is 70.7 Å². The van der Waals surface area contributed by atoms with Crippen molar-refractivity contribution in [3.05, 3.63) is 40.8 Å². The average Bonchev–Trinajstić information content (AvgIpc) is 2.63. The second kappa shape index (κ2) is 4.37. The molecule has 17 heavy (non-hydrogen) atoms. The van der Waals surface area contributed by atoms with E-state index in [-0.39, 0.29) is 5.91 Å². The van der Waals surface area contributed by atoms with Gasteiger partial charge in [-0.25, -0.2) is 0 Å². The fourth-order valence-electron chi connectivity index (χ4n) is 1.59. The molecule has 0 aromatic carbocycles. The summed E-state index contributed by atoms with van der Waals surface area (Å²) in [4.78, 5) is 16.2. The summed E-state index contributed by atoms with van der Waals surface area (Å²) in [5.41, 5.74) is 3.08. The van der Waals surface area contributed by atoms with Gasteiger partial charge in [0, 0.05) is 17.5 Å². The van der Waals surface area contributed by atoms with Crippen LogP contribution in [0.15, 0.2) is 18.2 Å². The SMILES string of the molecule is Cc1ccc(C(=O)Nc2cc(C)[nH]n2)c(C)n1. The maximum atomic E-state index is 12.0. The Balaban J connectivity index is 2.20. The van der Waals surface area contributed by atoms with Crippen LogP contribution in [-0.4, -0.2) is 21.1 Å². The zero-order chi connectivity index (χ0) is 12.4. The summed E-state index contributed by atoms with van der Waals surface area (Å²) < 4.78 is 0. The number of H-pyrrole nitrogens is 1. The molecule has 0 saturated carbocycles. The molecule has 2 aromatic rings. The second-order valence-electron chi connectivity index (χ2n) is 3.98. The highest BCUT2D eigenvalue weighted by atomic mass is 16.1. The molecule has 5 nitrogen and oxygen atoms in total. The summed E-state index contributed by atoms with van der Waals surface area (Å²) in [6, 6.07) is 5.36. The Labute approximate surface area is 99.3 Å². The van der Waals surface area contributed by atoms with E-state index in [0.717, 1.165) is 17.1 Å². The van der Waals surface area contributed by atoms with Crippen LogP contribution in [0, 0.1) is 20.8 Å². The third-order valence-corrected chi connectivity index (χ3v) is 2.42. The van der Waals surface area contributed by atoms with Crippen LogP contribution in [0.1, 0.15) is 27.4 Å². The molecule has 2 heterocycles. The molecule has 0 spiro atoms. The monoisotopic (exact) mass is 230 g/mol. The van der Waals surface area contributed by atoms with E-state index in [1.807, 2.05) is 26.8 Å². The Kier molecular flexibility index (Phi) is 2.91. The molecule has 0 fully saturated rings. The van der Waals surface area contributed by atoms with E-state index in [2.05, 4.69) is 20.5 Å². The molecule has 0 aliphatic rings. The number of aromatic amines is 1. The summed E-state index contributed by atoms with van der Waals surface area (Å²) in [6.07, 6.45) is 0. The third-order valence-electron chi connectivity index (χ3n) is 2.42. The molecular weight excluding hydrogens is 216 g/mol. The van der Waals surface area contributed by atoms with Crippen LogP contribution in [-0.2, 0) is 0 Å². The minimum atomic E-state index is -0.193. The molecule has 2 rings (SSSR count). The summed E-state index contributed by atoms with van der Waals surface area (Å²) >= 11 is 0. The number of aryl methyl sites for hydroxylation is 3. The van der Waals surface area contributed by atoms with Gasteiger partial charge in [-0.2, -0.15) is 5.10 Å². The molecule has 0 saturated heterocycles. The summed E-state index contributed by atoms with van der Waals surface area (Å²) in [5, 5.41) is 9.44. The lowest BCUT2D eigenvalue weighted by Gasteiger charge is -2.05. The number of pyridine rings is 1. The van der Waals surface area contributed by atoms with Gasteiger partial charge in [0.2, 0.25) is 0 Å². The van der Waals surface area contributed by atoms with Crippen LogP contribution in [0.2, 0.25) is 0 Å². The fraction of sp³-hybridized carbons (Fsp3) is 0.250. The number of rotatable bonds is 2. The lowest BCUT2D eigenvalue weighted by Crippen LogP contribution is -2.14. The van der Waals surface area contributed by atoms with E-state index in [1.165, 1.54) is 0 Å². The van der Waals surface area contributed by atoms with E-state index in [0.29, 0.717) is 11.4 Å². The predicted molar refractivity (Wildman–Crippen MR) is 65.0 cm³/mol. The van der Waals surface area contributed by atoms with Crippen molar-refractivity contribution >= 4 is 11.7 Å². The summed E-state index contributed by atoms with van der Waals surface area (Å²) in [7, 11) is 0. The standard InChI is InChI=1S/C12H14N4O/c1-7-4-5-10(9(3)13-7)12(17)14-11-6-8(2)15-16-11/h4-6H,1-3H3,(H2,14,15,16,17). The first-order chi connectivity index (χ1) is 8.06. The number of amides is 1. The highest BCUT2D eigenvalue weighted by molar-refractivity contribution is 6.04. The summed E-state index contributed by atoms with van der Waals surface area (Å²) in [5.74, 6) is 0.328. The van der Waals surface area contributed by atoms with Gasteiger partial charge in [-0.15, -0.1) is 0 Å². The van der Waals surface area contributed by atoms with Crippen LogP contribution in [0.3, 0.4) is 0 Å². The first-order valence-corrected chi connectivity index (χ1v) is 5.34. The number of nitrogens with zero attached hydrogens (tertiary/aromatic N) is 2. The number of anilines is 1. The first kappa shape index (κ1) is 11.3. The fourth-order valence-corrected chi connectivity index (χ4v) is 1.59. The van der Waals surface area contributed by atoms with Gasteiger partial charge in [-0.1, -0.05) is 0 Å². The van der Waals surface area contributed by atoms with E-state index in [4.69, 9.17) is 0 Å². The zero-order valence-electron chi connectivity index (χ0n) is 10.0. The Bertz CT molecular complexity index is 559. The number of hydrogen-bond donors (Lipinski definition) is 2. The van der Waals surface area contributed by atoms with Crippen LogP contribution in [0.5, 0.6) is 0 Å². The van der Waals surface area contributed by atoms with E-state index in [9.17, 15) is 4.79 Å². The molecule has 0 bridgehead atoms. The van der Waals surface area contributed by atoms with E-state index in [1.54, 1.807) is 12.1 Å². The molecule has 0 aliphatic heterocycles. The molecule has 2 aromatic heterocycles. The molecule has 0 aliphatic carbocycles. The van der Waals surface area contributed by atoms with Crippen molar-refractivity contribution in [2.24, 2.45) is 0 Å². The van der Waals surface area contributed by atoms with Gasteiger partial charge in [-0.3, -0.25) is 14.9 Å². The van der Waals surface area contributed by atoms with E-state index >= 15 is 0 Å². The maximum Gasteiger partial charge on any atom is 0.258 e. The normalized spacial score (nSPS) is 10.3. The van der Waals surface area contributed by atoms with Crippen molar-refractivity contribution in [1.82, 2.24) is 15.2 Å². The number of hydrogen-bond acceptors (Lipinski definition) is 3. The van der Waals surface area contributed by atoms with Crippen LogP contribution < -0.4 is 5.32 Å². The minimum absolute atomic E-state index is 0.193. The number of carbonyl (C=O) groups is 1. The highest BCUT2D eigenvalue weighted by Crippen LogP contribution is 2.10. The predicted octanol–water partition coefficient (Wildman–Crippen LogP) is 1.98. The van der Waals surface area contributed by atoms with Gasteiger partial charge in [0.05, 0.1) is 11.3 Å². The Hall–Kier alpha value is -2.17. The van der Waals surface area contributed by atoms with Crippen LogP contribution in [0.4, 0.5) is 5.82 Å². The van der Waals surface area contributed by atoms with Gasteiger partial charge in [0.1, 0.15) is 0 Å². The van der Waals surface area contributed by atoms with Gasteiger partial charge in [0.25, 0.3) is 5.91 Å². The Morgan fingerprint density at radius 3 is 2.65 bits per heavy atom. The molecule has 2 N–H and O–H groups in total. The first-order valence-electron chi connectivity index (χ1n) is 5.34. The van der Waals surface area contributed by atoms with Gasteiger partial charge >= 0.3 is 0 Å². The maximum absolute atomic E-state index is 12.0. The van der Waals surface area contributed by atoms with Crippen molar-refractivity contribution in [1.29, 1.82) is 0 Å². The lowest BCUT2D eigenvalue weighted by atomic mass is 10.2. The van der Waals surface area contributed by atoms with Crippen molar-refractivity contribution in [2.45, 2.75) is 20.8 Å². The van der Waals surface area contributed by atoms with Crippen molar-refractivity contribution in [3.63, 3.8) is 0 Å². The minimum Gasteiger partial charge on any atom is -0.305 e. The van der Waals surface area contributed by atoms with Crippen molar-refractivity contribution < 1.29 is 4.79 Å². The molecule has 1 amide bonds. The van der Waals surface area contributed by atoms with Crippen molar-refractivity contribution in [2.75, 3.05) is 5.32 Å². The lowest BCUT2D eigenvalue weighted by molar-refractivity contribution is 0.102. The van der Waals surface area contributed by atoms with Crippen molar-refractivity contribution in [3.8, 4) is 0 Å². The largest absolute Gasteiger partial charge is 0.305 e. The Morgan fingerprint density at radius 1 is 1.29 bits per heavy atom. The third kappa shape index (κ3) is 2.50. The van der Waals surface area contributed by atoms with Crippen LogP contribution >= 0.6 is 0 Å². The molecule has 0 radical (unpaired) electrons. The molecule has 5 heteroatoms. The van der Waals surface area contributed by atoms with Gasteiger partial charge in [-0.05, 0) is 32.9 Å². The second-order valence-corrected chi connectivity index (χ2v) is 3.98. The number of nitrogens with one attached hydrogen (secondary N) is 2. The quantitative estimate of drug-likeness (QED) is 0.828. The van der Waals surface area contributed by atoms with E-state index < -0.39 is 0 Å². The Morgan fingerprint density at radius 2 is 2.06 bits per heavy atom. The van der Waals surface area contributed by atoms with Gasteiger partial charge < -0.3 is 5.32 Å². The number of carbonyl (C=O) groups excluding carboxylic acids is 1. The smallest absolute Gasteiger partial charge is 0.258 e. The van der Waals surface area contributed by atoms with Gasteiger partial charge in [0.15, 0.2) is 5.82 Å². The molecule has 0 unspecified atom stereocenters. The average molecular weight is 230 g/mol. The summed E-state index contributed by atoms with van der Waals surface area (Å²) in [6.45, 7) is 5.59. The van der Waals surface area contributed by atoms with Crippen LogP contribution in [0.25, 0.3) is 0 Å². The highest BCUT2D eigenvalue weighted by Gasteiger charge is 2.11. The molecule has 0 atom stereocenters. The molecular formula is C12H14N4O.